The smallest absolute Gasteiger partial charge is 0.251 e. The molecule has 1 saturated heterocycles. The quantitative estimate of drug-likeness (QED) is 0.669. The molecule has 0 aromatic heterocycles. The Labute approximate surface area is 188 Å². The van der Waals surface area contributed by atoms with Gasteiger partial charge in [0, 0.05) is 36.6 Å². The summed E-state index contributed by atoms with van der Waals surface area (Å²) < 4.78 is 10.5. The first-order valence-electron chi connectivity index (χ1n) is 10.5. The average molecular weight is 445 g/mol. The van der Waals surface area contributed by atoms with Gasteiger partial charge in [-0.25, -0.2) is 0 Å². The van der Waals surface area contributed by atoms with Crippen LogP contribution in [0.4, 0.5) is 0 Å². The summed E-state index contributed by atoms with van der Waals surface area (Å²) in [6.07, 6.45) is 2.95. The molecule has 1 fully saturated rings. The minimum Gasteiger partial charge on any atom is -0.493 e. The van der Waals surface area contributed by atoms with E-state index in [1.807, 2.05) is 29.2 Å². The highest BCUT2D eigenvalue weighted by molar-refractivity contribution is 6.30. The van der Waals surface area contributed by atoms with Crippen LogP contribution in [0.2, 0.25) is 5.02 Å². The average Bonchev–Trinajstić information content (AvgIpc) is 2.80. The number of likely N-dealkylation sites (tertiary alicyclic amines) is 1. The summed E-state index contributed by atoms with van der Waals surface area (Å²) in [5.74, 6) is 1.51. The number of nitrogens with zero attached hydrogens (tertiary/aromatic N) is 1. The fourth-order valence-corrected chi connectivity index (χ4v) is 4.02. The van der Waals surface area contributed by atoms with Crippen molar-refractivity contribution in [1.82, 2.24) is 10.2 Å². The second kappa shape index (κ2) is 11.0. The summed E-state index contributed by atoms with van der Waals surface area (Å²) in [5.41, 5.74) is 1.61. The van der Waals surface area contributed by atoms with E-state index in [0.717, 1.165) is 31.5 Å². The lowest BCUT2D eigenvalue weighted by Crippen LogP contribution is -2.41. The molecule has 0 radical (unpaired) electrons. The van der Waals surface area contributed by atoms with Crippen molar-refractivity contribution in [2.75, 3.05) is 33.9 Å². The fourth-order valence-electron chi connectivity index (χ4n) is 3.80. The van der Waals surface area contributed by atoms with Gasteiger partial charge in [-0.1, -0.05) is 23.7 Å². The third kappa shape index (κ3) is 6.37. The van der Waals surface area contributed by atoms with E-state index >= 15 is 0 Å². The van der Waals surface area contributed by atoms with Gasteiger partial charge in [0.25, 0.3) is 5.91 Å². The number of ether oxygens (including phenoxy) is 2. The SMILES string of the molecule is COc1ccc(C(=O)NCC2CCN(C(=O)CCc3cccc(Cl)c3)CC2)cc1OC. The lowest BCUT2D eigenvalue weighted by atomic mass is 9.96. The van der Waals surface area contributed by atoms with E-state index in [1.54, 1.807) is 32.4 Å². The Morgan fingerprint density at radius 3 is 2.48 bits per heavy atom. The third-order valence-corrected chi connectivity index (χ3v) is 5.92. The van der Waals surface area contributed by atoms with Crippen LogP contribution >= 0.6 is 11.6 Å². The summed E-state index contributed by atoms with van der Waals surface area (Å²) in [6, 6.07) is 12.8. The Hall–Kier alpha value is -2.73. The number of nitrogens with one attached hydrogen (secondary N) is 1. The first-order valence-corrected chi connectivity index (χ1v) is 10.9. The second-order valence-corrected chi connectivity index (χ2v) is 8.17. The van der Waals surface area contributed by atoms with E-state index in [9.17, 15) is 9.59 Å². The topological polar surface area (TPSA) is 67.9 Å². The number of hydrogen-bond acceptors (Lipinski definition) is 4. The van der Waals surface area contributed by atoms with Gasteiger partial charge in [-0.3, -0.25) is 9.59 Å². The van der Waals surface area contributed by atoms with E-state index in [-0.39, 0.29) is 11.8 Å². The van der Waals surface area contributed by atoms with Crippen molar-refractivity contribution >= 4 is 23.4 Å². The molecule has 6 nitrogen and oxygen atoms in total. The first-order chi connectivity index (χ1) is 15.0. The fraction of sp³-hybridized carbons (Fsp3) is 0.417. The number of methoxy groups -OCH3 is 2. The zero-order valence-electron chi connectivity index (χ0n) is 18.0. The van der Waals surface area contributed by atoms with Gasteiger partial charge in [0.2, 0.25) is 5.91 Å². The highest BCUT2D eigenvalue weighted by Crippen LogP contribution is 2.27. The molecule has 1 aliphatic rings. The van der Waals surface area contributed by atoms with Gasteiger partial charge in [0.1, 0.15) is 0 Å². The van der Waals surface area contributed by atoms with Gasteiger partial charge < -0.3 is 19.7 Å². The van der Waals surface area contributed by atoms with Gasteiger partial charge in [0.05, 0.1) is 14.2 Å². The van der Waals surface area contributed by atoms with Crippen molar-refractivity contribution < 1.29 is 19.1 Å². The lowest BCUT2D eigenvalue weighted by Gasteiger charge is -2.32. The molecule has 0 aliphatic carbocycles. The van der Waals surface area contributed by atoms with Gasteiger partial charge in [-0.05, 0) is 61.1 Å². The van der Waals surface area contributed by atoms with Gasteiger partial charge in [-0.15, -0.1) is 0 Å². The number of benzene rings is 2. The molecular weight excluding hydrogens is 416 g/mol. The largest absolute Gasteiger partial charge is 0.493 e. The van der Waals surface area contributed by atoms with Crippen molar-refractivity contribution in [1.29, 1.82) is 0 Å². The zero-order valence-corrected chi connectivity index (χ0v) is 18.8. The Morgan fingerprint density at radius 1 is 1.06 bits per heavy atom. The van der Waals surface area contributed by atoms with Crippen LogP contribution in [-0.2, 0) is 11.2 Å². The first kappa shape index (κ1) is 22.9. The van der Waals surface area contributed by atoms with Crippen molar-refractivity contribution in [3.05, 3.63) is 58.6 Å². The van der Waals surface area contributed by atoms with Crippen LogP contribution < -0.4 is 14.8 Å². The van der Waals surface area contributed by atoms with Gasteiger partial charge in [-0.2, -0.15) is 0 Å². The Bertz CT molecular complexity index is 910. The third-order valence-electron chi connectivity index (χ3n) is 5.68. The number of amides is 2. The van der Waals surface area contributed by atoms with Gasteiger partial charge >= 0.3 is 0 Å². The molecule has 0 saturated carbocycles. The highest BCUT2D eigenvalue weighted by atomic mass is 35.5. The molecule has 0 unspecified atom stereocenters. The van der Waals surface area contributed by atoms with Crippen LogP contribution in [-0.4, -0.2) is 50.6 Å². The Balaban J connectivity index is 1.41. The molecule has 0 spiro atoms. The van der Waals surface area contributed by atoms with E-state index in [4.69, 9.17) is 21.1 Å². The maximum atomic E-state index is 12.5. The number of piperidine rings is 1. The molecule has 1 N–H and O–H groups in total. The predicted molar refractivity (Wildman–Crippen MR) is 121 cm³/mol. The number of halogens is 1. The maximum absolute atomic E-state index is 12.5. The Kier molecular flexibility index (Phi) is 8.18. The second-order valence-electron chi connectivity index (χ2n) is 7.73. The molecule has 2 amide bonds. The van der Waals surface area contributed by atoms with Crippen LogP contribution in [0, 0.1) is 5.92 Å². The molecule has 166 valence electrons. The summed E-state index contributed by atoms with van der Waals surface area (Å²) in [4.78, 5) is 26.9. The number of carbonyl (C=O) groups is 2. The molecule has 0 atom stereocenters. The van der Waals surface area contributed by atoms with E-state index in [0.29, 0.717) is 47.4 Å². The van der Waals surface area contributed by atoms with Crippen LogP contribution in [0.3, 0.4) is 0 Å². The molecule has 2 aromatic carbocycles. The predicted octanol–water partition coefficient (Wildman–Crippen LogP) is 3.96. The number of aryl methyl sites for hydroxylation is 1. The van der Waals surface area contributed by atoms with Crippen molar-refractivity contribution in [2.45, 2.75) is 25.7 Å². The molecule has 31 heavy (non-hydrogen) atoms. The Morgan fingerprint density at radius 2 is 1.81 bits per heavy atom. The minimum absolute atomic E-state index is 0.138. The monoisotopic (exact) mass is 444 g/mol. The van der Waals surface area contributed by atoms with Crippen molar-refractivity contribution in [3.63, 3.8) is 0 Å². The summed E-state index contributed by atoms with van der Waals surface area (Å²) in [5, 5.41) is 3.70. The molecule has 3 rings (SSSR count). The summed E-state index contributed by atoms with van der Waals surface area (Å²) in [7, 11) is 3.11. The van der Waals surface area contributed by atoms with Crippen LogP contribution in [0.1, 0.15) is 35.2 Å². The maximum Gasteiger partial charge on any atom is 0.251 e. The highest BCUT2D eigenvalue weighted by Gasteiger charge is 2.23. The standard InChI is InChI=1S/C24H29ClN2O4/c1-30-21-8-7-19(15-22(21)31-2)24(29)26-16-18-10-12-27(13-11-18)23(28)9-6-17-4-3-5-20(25)14-17/h3-5,7-8,14-15,18H,6,9-13,16H2,1-2H3,(H,26,29). The number of rotatable bonds is 8. The molecule has 1 aliphatic heterocycles. The number of carbonyl (C=O) groups excluding carboxylic acids is 2. The normalized spacial score (nSPS) is 14.2. The van der Waals surface area contributed by atoms with E-state index in [2.05, 4.69) is 5.32 Å². The molecule has 2 aromatic rings. The molecular formula is C24H29ClN2O4. The summed E-state index contributed by atoms with van der Waals surface area (Å²) in [6.45, 7) is 2.05. The molecule has 7 heteroatoms. The van der Waals surface area contributed by atoms with E-state index in [1.165, 1.54) is 0 Å². The molecule has 1 heterocycles. The van der Waals surface area contributed by atoms with Crippen molar-refractivity contribution in [2.24, 2.45) is 5.92 Å². The van der Waals surface area contributed by atoms with E-state index < -0.39 is 0 Å². The zero-order chi connectivity index (χ0) is 22.2. The van der Waals surface area contributed by atoms with Crippen LogP contribution in [0.15, 0.2) is 42.5 Å². The molecule has 0 bridgehead atoms. The summed E-state index contributed by atoms with van der Waals surface area (Å²) >= 11 is 6.01. The van der Waals surface area contributed by atoms with Crippen LogP contribution in [0.25, 0.3) is 0 Å². The van der Waals surface area contributed by atoms with Gasteiger partial charge in [0.15, 0.2) is 11.5 Å². The number of hydrogen-bond donors (Lipinski definition) is 1. The minimum atomic E-state index is -0.138. The van der Waals surface area contributed by atoms with Crippen molar-refractivity contribution in [3.8, 4) is 11.5 Å². The lowest BCUT2D eigenvalue weighted by molar-refractivity contribution is -0.132. The van der Waals surface area contributed by atoms with Crippen LogP contribution in [0.5, 0.6) is 11.5 Å².